The van der Waals surface area contributed by atoms with Gasteiger partial charge in [-0.3, -0.25) is 0 Å². The standard InChI is InChI=1S/C9H18O.C7H14O.C6H12O/c1-6(2)7-8(10-7)9(3,4)5;1-5-6(8-5)7(2,3)4;1-6(2,3)5-4-7-5/h6-8H,1-5H3;5-6H,1-4H3;5H,4H2,1-3H3. The van der Waals surface area contributed by atoms with Gasteiger partial charge in [-0.2, -0.15) is 0 Å². The van der Waals surface area contributed by atoms with E-state index in [2.05, 4.69) is 83.1 Å². The molecular formula is C22H44O3. The van der Waals surface area contributed by atoms with Crippen LogP contribution in [-0.4, -0.2) is 37.1 Å². The van der Waals surface area contributed by atoms with Crippen molar-refractivity contribution in [1.29, 1.82) is 0 Å². The zero-order chi connectivity index (χ0) is 19.8. The largest absolute Gasteiger partial charge is 0.373 e. The lowest BCUT2D eigenvalue weighted by molar-refractivity contribution is 0.256. The van der Waals surface area contributed by atoms with Crippen molar-refractivity contribution < 1.29 is 14.2 Å². The van der Waals surface area contributed by atoms with E-state index in [9.17, 15) is 0 Å². The normalized spacial score (nSPS) is 33.7. The molecule has 3 fully saturated rings. The van der Waals surface area contributed by atoms with Gasteiger partial charge in [0.25, 0.3) is 0 Å². The zero-order valence-electron chi connectivity index (χ0n) is 18.9. The summed E-state index contributed by atoms with van der Waals surface area (Å²) in [6, 6.07) is 0. The molecule has 0 radical (unpaired) electrons. The van der Waals surface area contributed by atoms with Crippen molar-refractivity contribution in [2.45, 2.75) is 114 Å². The van der Waals surface area contributed by atoms with Gasteiger partial charge in [0.2, 0.25) is 0 Å². The van der Waals surface area contributed by atoms with E-state index in [1.807, 2.05) is 0 Å². The molecule has 5 unspecified atom stereocenters. The van der Waals surface area contributed by atoms with Gasteiger partial charge in [0.05, 0.1) is 37.1 Å². The summed E-state index contributed by atoms with van der Waals surface area (Å²) in [6.07, 6.45) is 2.61. The number of ether oxygens (including phenoxy) is 3. The maximum Gasteiger partial charge on any atom is 0.0892 e. The Morgan fingerprint density at radius 2 is 1.12 bits per heavy atom. The first-order valence-electron chi connectivity index (χ1n) is 9.97. The highest BCUT2D eigenvalue weighted by Crippen LogP contribution is 2.41. The molecule has 150 valence electrons. The maximum atomic E-state index is 5.54. The van der Waals surface area contributed by atoms with E-state index in [0.29, 0.717) is 52.7 Å². The number of hydrogen-bond donors (Lipinski definition) is 0. The fourth-order valence-electron chi connectivity index (χ4n) is 2.97. The van der Waals surface area contributed by atoms with E-state index in [1.165, 1.54) is 0 Å². The van der Waals surface area contributed by atoms with Crippen LogP contribution in [0.15, 0.2) is 0 Å². The predicted octanol–water partition coefficient (Wildman–Crippen LogP) is 5.71. The summed E-state index contributed by atoms with van der Waals surface area (Å²) in [5.41, 5.74) is 1.09. The third kappa shape index (κ3) is 8.41. The first-order valence-corrected chi connectivity index (χ1v) is 9.97. The first kappa shape index (κ1) is 22.9. The van der Waals surface area contributed by atoms with Crippen molar-refractivity contribution >= 4 is 0 Å². The predicted molar refractivity (Wildman–Crippen MR) is 106 cm³/mol. The van der Waals surface area contributed by atoms with E-state index in [0.717, 1.165) is 6.61 Å². The minimum Gasteiger partial charge on any atom is -0.373 e. The van der Waals surface area contributed by atoms with Gasteiger partial charge >= 0.3 is 0 Å². The summed E-state index contributed by atoms with van der Waals surface area (Å²) in [4.78, 5) is 0. The first-order chi connectivity index (χ1) is 11.0. The third-order valence-corrected chi connectivity index (χ3v) is 4.90. The molecule has 3 aliphatic heterocycles. The minimum absolute atomic E-state index is 0.342. The summed E-state index contributed by atoms with van der Waals surface area (Å²) < 4.78 is 15.9. The molecule has 0 spiro atoms. The molecule has 3 rings (SSSR count). The minimum atomic E-state index is 0.342. The lowest BCUT2D eigenvalue weighted by Gasteiger charge is -2.14. The maximum absolute atomic E-state index is 5.54. The van der Waals surface area contributed by atoms with Gasteiger partial charge < -0.3 is 14.2 Å². The highest BCUT2D eigenvalue weighted by molar-refractivity contribution is 4.95. The topological polar surface area (TPSA) is 37.6 Å². The van der Waals surface area contributed by atoms with Gasteiger partial charge in [-0.15, -0.1) is 0 Å². The molecule has 3 nitrogen and oxygen atoms in total. The summed E-state index contributed by atoms with van der Waals surface area (Å²) >= 11 is 0. The van der Waals surface area contributed by atoms with Crippen molar-refractivity contribution in [2.75, 3.05) is 6.61 Å². The van der Waals surface area contributed by atoms with Gasteiger partial charge in [-0.1, -0.05) is 76.2 Å². The van der Waals surface area contributed by atoms with Gasteiger partial charge in [0.1, 0.15) is 0 Å². The molecule has 0 aromatic carbocycles. The van der Waals surface area contributed by atoms with E-state index < -0.39 is 0 Å². The molecule has 0 bridgehead atoms. The van der Waals surface area contributed by atoms with Crippen molar-refractivity contribution in [3.8, 4) is 0 Å². The fourth-order valence-corrected chi connectivity index (χ4v) is 2.97. The Hall–Kier alpha value is -0.120. The van der Waals surface area contributed by atoms with E-state index in [1.54, 1.807) is 0 Å². The molecule has 3 aliphatic rings. The van der Waals surface area contributed by atoms with Gasteiger partial charge in [-0.25, -0.2) is 0 Å². The fraction of sp³-hybridized carbons (Fsp3) is 1.00. The Bertz CT molecular complexity index is 404. The van der Waals surface area contributed by atoms with E-state index in [4.69, 9.17) is 14.2 Å². The molecule has 3 heteroatoms. The molecule has 0 aliphatic carbocycles. The second kappa shape index (κ2) is 7.86. The highest BCUT2D eigenvalue weighted by Gasteiger charge is 2.48. The van der Waals surface area contributed by atoms with E-state index >= 15 is 0 Å². The number of hydrogen-bond acceptors (Lipinski definition) is 3. The van der Waals surface area contributed by atoms with Crippen molar-refractivity contribution in [3.63, 3.8) is 0 Å². The summed E-state index contributed by atoms with van der Waals surface area (Å²) in [5, 5.41) is 0. The van der Waals surface area contributed by atoms with Crippen LogP contribution in [0.4, 0.5) is 0 Å². The lowest BCUT2D eigenvalue weighted by atomic mass is 9.87. The van der Waals surface area contributed by atoms with Crippen LogP contribution in [0.25, 0.3) is 0 Å². The van der Waals surface area contributed by atoms with Crippen LogP contribution in [0.1, 0.15) is 83.1 Å². The zero-order valence-corrected chi connectivity index (χ0v) is 18.9. The molecule has 0 aromatic heterocycles. The average Bonchev–Trinajstić information content (AvgIpc) is 3.16. The molecule has 25 heavy (non-hydrogen) atoms. The summed E-state index contributed by atoms with van der Waals surface area (Å²) in [5.74, 6) is 0.684. The molecule has 0 amide bonds. The SMILES string of the molecule is CC(C)(C)C1CO1.CC(C)C1OC1C(C)(C)C.CC1OC1C(C)(C)C. The van der Waals surface area contributed by atoms with Crippen molar-refractivity contribution in [1.82, 2.24) is 0 Å². The van der Waals surface area contributed by atoms with Crippen LogP contribution < -0.4 is 0 Å². The van der Waals surface area contributed by atoms with E-state index in [-0.39, 0.29) is 0 Å². The van der Waals surface area contributed by atoms with Crippen LogP contribution in [0, 0.1) is 22.2 Å². The van der Waals surface area contributed by atoms with Gasteiger partial charge in [0, 0.05) is 0 Å². The van der Waals surface area contributed by atoms with Crippen LogP contribution in [0.2, 0.25) is 0 Å². The highest BCUT2D eigenvalue weighted by atomic mass is 16.6. The molecule has 3 saturated heterocycles. The Morgan fingerprint density at radius 3 is 1.16 bits per heavy atom. The van der Waals surface area contributed by atoms with Crippen LogP contribution in [0.5, 0.6) is 0 Å². The second-order valence-electron chi connectivity index (χ2n) is 11.4. The average molecular weight is 357 g/mol. The van der Waals surface area contributed by atoms with Crippen molar-refractivity contribution in [2.24, 2.45) is 22.2 Å². The quantitative estimate of drug-likeness (QED) is 0.565. The van der Waals surface area contributed by atoms with Gasteiger partial charge in [0.15, 0.2) is 0 Å². The summed E-state index contributed by atoms with van der Waals surface area (Å²) in [6.45, 7) is 27.5. The van der Waals surface area contributed by atoms with Gasteiger partial charge in [-0.05, 0) is 29.1 Å². The summed E-state index contributed by atoms with van der Waals surface area (Å²) in [7, 11) is 0. The molecule has 0 saturated carbocycles. The smallest absolute Gasteiger partial charge is 0.0892 e. The molecule has 0 N–H and O–H groups in total. The Kier molecular flexibility index (Phi) is 7.21. The number of rotatable bonds is 1. The van der Waals surface area contributed by atoms with Crippen LogP contribution in [-0.2, 0) is 14.2 Å². The van der Waals surface area contributed by atoms with Crippen LogP contribution in [0.3, 0.4) is 0 Å². The lowest BCUT2D eigenvalue weighted by Crippen LogP contribution is -2.18. The molecular weight excluding hydrogens is 312 g/mol. The van der Waals surface area contributed by atoms with Crippen molar-refractivity contribution in [3.05, 3.63) is 0 Å². The second-order valence-corrected chi connectivity index (χ2v) is 11.4. The molecule has 5 atom stereocenters. The van der Waals surface area contributed by atoms with Crippen LogP contribution >= 0.6 is 0 Å². The monoisotopic (exact) mass is 356 g/mol. The number of epoxide rings is 3. The molecule has 0 aromatic rings. The Morgan fingerprint density at radius 1 is 0.720 bits per heavy atom. The molecule has 3 heterocycles. The Balaban J connectivity index is 0.000000191. The Labute approximate surface area is 157 Å². The third-order valence-electron chi connectivity index (χ3n) is 4.90.